The highest BCUT2D eigenvalue weighted by atomic mass is 16.5. The summed E-state index contributed by atoms with van der Waals surface area (Å²) in [4.78, 5) is 33.5. The van der Waals surface area contributed by atoms with Gasteiger partial charge in [0.2, 0.25) is 5.91 Å². The predicted octanol–water partition coefficient (Wildman–Crippen LogP) is 1.21. The summed E-state index contributed by atoms with van der Waals surface area (Å²) in [6.07, 6.45) is 6.31. The molecule has 0 radical (unpaired) electrons. The number of nitrogens with one attached hydrogen (secondary N) is 1. The number of nitrogens with zero attached hydrogens (tertiary/aromatic N) is 3. The van der Waals surface area contributed by atoms with E-state index in [1.54, 1.807) is 0 Å². The number of carbonyl (C=O) groups is 1. The van der Waals surface area contributed by atoms with Gasteiger partial charge < -0.3 is 10.1 Å². The van der Waals surface area contributed by atoms with Gasteiger partial charge in [0.25, 0.3) is 5.56 Å². The van der Waals surface area contributed by atoms with Crippen LogP contribution in [0.3, 0.4) is 0 Å². The topological polar surface area (TPSA) is 86.1 Å². The van der Waals surface area contributed by atoms with Crippen molar-refractivity contribution in [2.75, 3.05) is 19.8 Å². The van der Waals surface area contributed by atoms with Crippen LogP contribution in [0.15, 0.2) is 17.2 Å². The van der Waals surface area contributed by atoms with Crippen LogP contribution in [0, 0.1) is 0 Å². The minimum atomic E-state index is -0.213. The lowest BCUT2D eigenvalue weighted by Crippen LogP contribution is -2.33. The molecular weight excluding hydrogens is 320 g/mol. The van der Waals surface area contributed by atoms with Gasteiger partial charge in [-0.25, -0.2) is 9.97 Å². The molecule has 0 spiro atoms. The van der Waals surface area contributed by atoms with Gasteiger partial charge in [-0.2, -0.15) is 0 Å². The van der Waals surface area contributed by atoms with Crippen LogP contribution in [0.1, 0.15) is 37.4 Å². The van der Waals surface area contributed by atoms with Crippen molar-refractivity contribution in [3.63, 3.8) is 0 Å². The normalized spacial score (nSPS) is 13.6. The van der Waals surface area contributed by atoms with E-state index in [1.165, 1.54) is 10.9 Å². The number of aromatic nitrogens is 3. The number of hydrogen-bond acceptors (Lipinski definition) is 5. The highest BCUT2D eigenvalue weighted by molar-refractivity contribution is 5.77. The number of fused-ring (bicyclic) bond motifs is 2. The molecule has 2 aromatic rings. The summed E-state index contributed by atoms with van der Waals surface area (Å²) in [6, 6.07) is 1.91. The molecule has 0 fully saturated rings. The standard InChI is InChI=1S/C18H24N4O3/c1-2-25-9-5-8-19-16(23)11-22-12-20-17-14(18(22)24)10-13-6-3-4-7-15(13)21-17/h10,12H,2-9,11H2,1H3,(H,19,23). The van der Waals surface area contributed by atoms with Gasteiger partial charge in [-0.05, 0) is 50.7 Å². The first kappa shape index (κ1) is 17.5. The van der Waals surface area contributed by atoms with Crippen molar-refractivity contribution in [2.45, 2.75) is 45.6 Å². The van der Waals surface area contributed by atoms with Crippen LogP contribution in [0.5, 0.6) is 0 Å². The maximum absolute atomic E-state index is 12.6. The van der Waals surface area contributed by atoms with Gasteiger partial charge in [0.05, 0.1) is 5.39 Å². The van der Waals surface area contributed by atoms with Crippen molar-refractivity contribution in [3.05, 3.63) is 34.0 Å². The molecule has 2 aromatic heterocycles. The lowest BCUT2D eigenvalue weighted by Gasteiger charge is -2.15. The molecule has 0 aliphatic heterocycles. The van der Waals surface area contributed by atoms with Crippen LogP contribution < -0.4 is 10.9 Å². The molecule has 7 heteroatoms. The molecule has 3 rings (SSSR count). The summed E-state index contributed by atoms with van der Waals surface area (Å²) >= 11 is 0. The number of carbonyl (C=O) groups excluding carboxylic acids is 1. The number of rotatable bonds is 7. The van der Waals surface area contributed by atoms with E-state index in [9.17, 15) is 9.59 Å². The van der Waals surface area contributed by atoms with Crippen LogP contribution >= 0.6 is 0 Å². The molecule has 1 aliphatic rings. The summed E-state index contributed by atoms with van der Waals surface area (Å²) < 4.78 is 6.57. The van der Waals surface area contributed by atoms with Crippen LogP contribution in [0.25, 0.3) is 11.0 Å². The SMILES string of the molecule is CCOCCCNC(=O)Cn1cnc2nc3c(cc2c1=O)CCCC3. The molecule has 0 saturated carbocycles. The number of ether oxygens (including phenoxy) is 1. The summed E-state index contributed by atoms with van der Waals surface area (Å²) in [5, 5.41) is 3.29. The van der Waals surface area contributed by atoms with E-state index in [0.717, 1.165) is 43.4 Å². The third kappa shape index (κ3) is 4.22. The van der Waals surface area contributed by atoms with Gasteiger partial charge in [0.1, 0.15) is 12.9 Å². The number of aryl methyl sites for hydroxylation is 2. The fraction of sp³-hybridized carbons (Fsp3) is 0.556. The van der Waals surface area contributed by atoms with E-state index in [0.29, 0.717) is 30.8 Å². The van der Waals surface area contributed by atoms with Crippen LogP contribution in [0.2, 0.25) is 0 Å². The van der Waals surface area contributed by atoms with E-state index in [-0.39, 0.29) is 18.0 Å². The summed E-state index contributed by atoms with van der Waals surface area (Å²) in [6.45, 7) is 3.72. The maximum Gasteiger partial charge on any atom is 0.263 e. The van der Waals surface area contributed by atoms with E-state index in [4.69, 9.17) is 4.74 Å². The van der Waals surface area contributed by atoms with Crippen LogP contribution in [0.4, 0.5) is 0 Å². The molecule has 25 heavy (non-hydrogen) atoms. The zero-order valence-corrected chi connectivity index (χ0v) is 14.6. The quantitative estimate of drug-likeness (QED) is 0.763. The van der Waals surface area contributed by atoms with Gasteiger partial charge in [-0.15, -0.1) is 0 Å². The van der Waals surface area contributed by atoms with Crippen molar-refractivity contribution in [3.8, 4) is 0 Å². The molecule has 0 saturated heterocycles. The molecule has 0 aromatic carbocycles. The molecule has 0 bridgehead atoms. The highest BCUT2D eigenvalue weighted by Crippen LogP contribution is 2.21. The molecule has 0 atom stereocenters. The Bertz CT molecular complexity index is 816. The third-order valence-corrected chi connectivity index (χ3v) is 4.40. The molecule has 1 amide bonds. The Labute approximate surface area is 146 Å². The molecule has 1 N–H and O–H groups in total. The summed E-state index contributed by atoms with van der Waals surface area (Å²) in [5.74, 6) is -0.203. The Morgan fingerprint density at radius 3 is 3.04 bits per heavy atom. The van der Waals surface area contributed by atoms with Crippen molar-refractivity contribution >= 4 is 16.9 Å². The molecule has 0 unspecified atom stereocenters. The van der Waals surface area contributed by atoms with E-state index < -0.39 is 0 Å². The van der Waals surface area contributed by atoms with Crippen molar-refractivity contribution in [2.24, 2.45) is 0 Å². The molecule has 7 nitrogen and oxygen atoms in total. The van der Waals surface area contributed by atoms with Crippen molar-refractivity contribution < 1.29 is 9.53 Å². The van der Waals surface area contributed by atoms with Gasteiger partial charge in [-0.1, -0.05) is 0 Å². The first-order valence-electron chi connectivity index (χ1n) is 8.91. The number of pyridine rings is 1. The average Bonchev–Trinajstić information content (AvgIpc) is 2.63. The van der Waals surface area contributed by atoms with Crippen LogP contribution in [-0.2, 0) is 28.9 Å². The van der Waals surface area contributed by atoms with Gasteiger partial charge >= 0.3 is 0 Å². The monoisotopic (exact) mass is 344 g/mol. The smallest absolute Gasteiger partial charge is 0.263 e. The second-order valence-corrected chi connectivity index (χ2v) is 6.25. The largest absolute Gasteiger partial charge is 0.382 e. The fourth-order valence-corrected chi connectivity index (χ4v) is 3.08. The second-order valence-electron chi connectivity index (χ2n) is 6.25. The Balaban J connectivity index is 1.71. The molecule has 134 valence electrons. The minimum Gasteiger partial charge on any atom is -0.382 e. The molecule has 1 aliphatic carbocycles. The average molecular weight is 344 g/mol. The zero-order chi connectivity index (χ0) is 17.6. The molecule has 2 heterocycles. The summed E-state index contributed by atoms with van der Waals surface area (Å²) in [7, 11) is 0. The highest BCUT2D eigenvalue weighted by Gasteiger charge is 2.15. The van der Waals surface area contributed by atoms with Gasteiger partial charge in [-0.3, -0.25) is 14.2 Å². The fourth-order valence-electron chi connectivity index (χ4n) is 3.08. The first-order chi connectivity index (χ1) is 12.2. The Kier molecular flexibility index (Phi) is 5.75. The molecular formula is C18H24N4O3. The third-order valence-electron chi connectivity index (χ3n) is 4.40. The lowest BCUT2D eigenvalue weighted by atomic mass is 9.95. The van der Waals surface area contributed by atoms with Crippen LogP contribution in [-0.4, -0.2) is 40.2 Å². The number of amides is 1. The van der Waals surface area contributed by atoms with Crippen molar-refractivity contribution in [1.82, 2.24) is 19.9 Å². The lowest BCUT2D eigenvalue weighted by molar-refractivity contribution is -0.121. The van der Waals surface area contributed by atoms with Gasteiger partial charge in [0, 0.05) is 25.5 Å². The van der Waals surface area contributed by atoms with E-state index >= 15 is 0 Å². The second kappa shape index (κ2) is 8.20. The summed E-state index contributed by atoms with van der Waals surface area (Å²) in [5.41, 5.74) is 2.44. The van der Waals surface area contributed by atoms with E-state index in [1.807, 2.05) is 13.0 Å². The van der Waals surface area contributed by atoms with Crippen molar-refractivity contribution in [1.29, 1.82) is 0 Å². The predicted molar refractivity (Wildman–Crippen MR) is 94.6 cm³/mol. The van der Waals surface area contributed by atoms with E-state index in [2.05, 4.69) is 15.3 Å². The maximum atomic E-state index is 12.6. The Morgan fingerprint density at radius 2 is 2.20 bits per heavy atom. The first-order valence-corrected chi connectivity index (χ1v) is 8.91. The Morgan fingerprint density at radius 1 is 1.36 bits per heavy atom. The Hall–Kier alpha value is -2.28. The zero-order valence-electron chi connectivity index (χ0n) is 14.6. The van der Waals surface area contributed by atoms with Gasteiger partial charge in [0.15, 0.2) is 5.65 Å². The number of hydrogen-bond donors (Lipinski definition) is 1. The minimum absolute atomic E-state index is 0.0342.